The van der Waals surface area contributed by atoms with Gasteiger partial charge in [-0.05, 0) is 42.9 Å². The summed E-state index contributed by atoms with van der Waals surface area (Å²) >= 11 is 1.72. The SMILES string of the molecule is CC1CCc2c(C(=O)NNc3ccccc3)csc2C1. The number of anilines is 1. The van der Waals surface area contributed by atoms with Crippen molar-refractivity contribution in [1.82, 2.24) is 5.43 Å². The summed E-state index contributed by atoms with van der Waals surface area (Å²) in [7, 11) is 0. The maximum Gasteiger partial charge on any atom is 0.270 e. The standard InChI is InChI=1S/C16H18N2OS/c1-11-7-8-13-14(10-20-15(13)9-11)16(19)18-17-12-5-3-2-4-6-12/h2-6,10-11,17H,7-9H2,1H3,(H,18,19). The number of thiophene rings is 1. The number of hydrogen-bond donors (Lipinski definition) is 2. The van der Waals surface area contributed by atoms with E-state index in [1.165, 1.54) is 16.9 Å². The largest absolute Gasteiger partial charge is 0.298 e. The van der Waals surface area contributed by atoms with Gasteiger partial charge in [0.1, 0.15) is 0 Å². The topological polar surface area (TPSA) is 41.1 Å². The van der Waals surface area contributed by atoms with E-state index >= 15 is 0 Å². The van der Waals surface area contributed by atoms with Crippen molar-refractivity contribution in [2.75, 3.05) is 5.43 Å². The number of benzene rings is 1. The molecule has 0 saturated heterocycles. The summed E-state index contributed by atoms with van der Waals surface area (Å²) in [5.41, 5.74) is 8.71. The summed E-state index contributed by atoms with van der Waals surface area (Å²) < 4.78 is 0. The molecule has 2 N–H and O–H groups in total. The Kier molecular flexibility index (Phi) is 3.74. The van der Waals surface area contributed by atoms with Crippen LogP contribution in [0.25, 0.3) is 0 Å². The molecule has 104 valence electrons. The van der Waals surface area contributed by atoms with E-state index in [0.717, 1.165) is 30.0 Å². The zero-order chi connectivity index (χ0) is 13.9. The molecule has 1 aromatic heterocycles. The van der Waals surface area contributed by atoms with Gasteiger partial charge in [0.25, 0.3) is 5.91 Å². The maximum atomic E-state index is 12.3. The van der Waals surface area contributed by atoms with Crippen LogP contribution in [0.3, 0.4) is 0 Å². The van der Waals surface area contributed by atoms with Crippen LogP contribution in [0.5, 0.6) is 0 Å². The Morgan fingerprint density at radius 2 is 2.10 bits per heavy atom. The zero-order valence-corrected chi connectivity index (χ0v) is 12.3. The molecular weight excluding hydrogens is 268 g/mol. The number of para-hydroxylation sites is 1. The average molecular weight is 286 g/mol. The van der Waals surface area contributed by atoms with Crippen LogP contribution >= 0.6 is 11.3 Å². The summed E-state index contributed by atoms with van der Waals surface area (Å²) in [6.45, 7) is 2.28. The molecule has 2 aromatic rings. The van der Waals surface area contributed by atoms with Gasteiger partial charge in [-0.2, -0.15) is 0 Å². The van der Waals surface area contributed by atoms with Gasteiger partial charge in [-0.1, -0.05) is 25.1 Å². The Balaban J connectivity index is 1.69. The summed E-state index contributed by atoms with van der Waals surface area (Å²) in [5, 5.41) is 1.99. The molecule has 20 heavy (non-hydrogen) atoms. The smallest absolute Gasteiger partial charge is 0.270 e. The fourth-order valence-electron chi connectivity index (χ4n) is 2.59. The Morgan fingerprint density at radius 1 is 1.30 bits per heavy atom. The van der Waals surface area contributed by atoms with Crippen LogP contribution in [-0.2, 0) is 12.8 Å². The second-order valence-corrected chi connectivity index (χ2v) is 6.31. The van der Waals surface area contributed by atoms with Gasteiger partial charge in [-0.25, -0.2) is 0 Å². The number of hydrogen-bond acceptors (Lipinski definition) is 3. The second kappa shape index (κ2) is 5.67. The van der Waals surface area contributed by atoms with Crippen molar-refractivity contribution >= 4 is 22.9 Å². The quantitative estimate of drug-likeness (QED) is 0.846. The molecule has 0 spiro atoms. The van der Waals surface area contributed by atoms with Crippen LogP contribution in [0.1, 0.15) is 34.1 Å². The third-order valence-corrected chi connectivity index (χ3v) is 4.79. The second-order valence-electron chi connectivity index (χ2n) is 5.34. The third-order valence-electron chi connectivity index (χ3n) is 3.74. The number of nitrogens with one attached hydrogen (secondary N) is 2. The lowest BCUT2D eigenvalue weighted by Gasteiger charge is -2.19. The molecule has 0 radical (unpaired) electrons. The van der Waals surface area contributed by atoms with Crippen molar-refractivity contribution in [3.63, 3.8) is 0 Å². The first-order valence-electron chi connectivity index (χ1n) is 6.94. The first kappa shape index (κ1) is 13.2. The lowest BCUT2D eigenvalue weighted by atomic mass is 9.88. The van der Waals surface area contributed by atoms with E-state index < -0.39 is 0 Å². The Bertz CT molecular complexity index is 606. The van der Waals surface area contributed by atoms with Crippen molar-refractivity contribution in [3.05, 3.63) is 51.7 Å². The van der Waals surface area contributed by atoms with Crippen molar-refractivity contribution in [1.29, 1.82) is 0 Å². The van der Waals surface area contributed by atoms with Gasteiger partial charge in [0.2, 0.25) is 0 Å². The van der Waals surface area contributed by atoms with E-state index in [-0.39, 0.29) is 5.91 Å². The molecule has 1 amide bonds. The predicted molar refractivity (Wildman–Crippen MR) is 83.0 cm³/mol. The number of rotatable bonds is 3. The number of carbonyl (C=O) groups is 1. The normalized spacial score (nSPS) is 17.4. The molecule has 1 heterocycles. The molecule has 1 aromatic carbocycles. The summed E-state index contributed by atoms with van der Waals surface area (Å²) in [5.74, 6) is 0.695. The first-order valence-corrected chi connectivity index (χ1v) is 7.82. The maximum absolute atomic E-state index is 12.3. The predicted octanol–water partition coefficient (Wildman–Crippen LogP) is 3.63. The highest BCUT2D eigenvalue weighted by Gasteiger charge is 2.22. The van der Waals surface area contributed by atoms with E-state index in [0.29, 0.717) is 0 Å². The monoisotopic (exact) mass is 286 g/mol. The minimum atomic E-state index is -0.0408. The number of hydrazine groups is 1. The molecule has 1 aliphatic rings. The summed E-state index contributed by atoms with van der Waals surface area (Å²) in [6.07, 6.45) is 3.31. The molecule has 0 saturated carbocycles. The van der Waals surface area contributed by atoms with Crippen molar-refractivity contribution < 1.29 is 4.79 Å². The summed E-state index contributed by atoms with van der Waals surface area (Å²) in [4.78, 5) is 13.6. The minimum Gasteiger partial charge on any atom is -0.298 e. The van der Waals surface area contributed by atoms with Gasteiger partial charge in [-0.15, -0.1) is 11.3 Å². The van der Waals surface area contributed by atoms with Crippen LogP contribution in [-0.4, -0.2) is 5.91 Å². The zero-order valence-electron chi connectivity index (χ0n) is 11.5. The number of fused-ring (bicyclic) bond motifs is 1. The van der Waals surface area contributed by atoms with Crippen LogP contribution < -0.4 is 10.9 Å². The van der Waals surface area contributed by atoms with Crippen molar-refractivity contribution in [2.45, 2.75) is 26.2 Å². The van der Waals surface area contributed by atoms with Gasteiger partial charge in [0.15, 0.2) is 0 Å². The Hall–Kier alpha value is -1.81. The van der Waals surface area contributed by atoms with Crippen molar-refractivity contribution in [2.24, 2.45) is 5.92 Å². The Labute approximate surface area is 123 Å². The molecule has 0 aliphatic heterocycles. The van der Waals surface area contributed by atoms with E-state index in [2.05, 4.69) is 17.8 Å². The molecule has 1 unspecified atom stereocenters. The van der Waals surface area contributed by atoms with Crippen LogP contribution in [0, 0.1) is 5.92 Å². The molecule has 0 fully saturated rings. The van der Waals surface area contributed by atoms with Crippen LogP contribution in [0.15, 0.2) is 35.7 Å². The molecule has 1 atom stereocenters. The first-order chi connectivity index (χ1) is 9.74. The van der Waals surface area contributed by atoms with Gasteiger partial charge in [0.05, 0.1) is 11.3 Å². The third kappa shape index (κ3) is 2.70. The molecular formula is C16H18N2OS. The van der Waals surface area contributed by atoms with Gasteiger partial charge in [0, 0.05) is 10.3 Å². The van der Waals surface area contributed by atoms with Gasteiger partial charge < -0.3 is 0 Å². The van der Waals surface area contributed by atoms with E-state index in [4.69, 9.17) is 0 Å². The Morgan fingerprint density at radius 3 is 2.90 bits per heavy atom. The molecule has 4 heteroatoms. The molecule has 1 aliphatic carbocycles. The van der Waals surface area contributed by atoms with Crippen molar-refractivity contribution in [3.8, 4) is 0 Å². The van der Waals surface area contributed by atoms with Crippen LogP contribution in [0.4, 0.5) is 5.69 Å². The molecule has 0 bridgehead atoms. The molecule has 3 nitrogen and oxygen atoms in total. The average Bonchev–Trinajstić information content (AvgIpc) is 2.89. The highest BCUT2D eigenvalue weighted by atomic mass is 32.1. The highest BCUT2D eigenvalue weighted by molar-refractivity contribution is 7.10. The highest BCUT2D eigenvalue weighted by Crippen LogP contribution is 2.32. The van der Waals surface area contributed by atoms with Crippen LogP contribution in [0.2, 0.25) is 0 Å². The number of amides is 1. The fourth-order valence-corrected chi connectivity index (χ4v) is 3.83. The minimum absolute atomic E-state index is 0.0408. The fraction of sp³-hybridized carbons (Fsp3) is 0.312. The van der Waals surface area contributed by atoms with Gasteiger partial charge >= 0.3 is 0 Å². The molecule has 3 rings (SSSR count). The summed E-state index contributed by atoms with van der Waals surface area (Å²) in [6, 6.07) is 9.66. The lowest BCUT2D eigenvalue weighted by Crippen LogP contribution is -2.30. The van der Waals surface area contributed by atoms with E-state index in [1.54, 1.807) is 11.3 Å². The van der Waals surface area contributed by atoms with E-state index in [9.17, 15) is 4.79 Å². The lowest BCUT2D eigenvalue weighted by molar-refractivity contribution is 0.0962. The number of carbonyl (C=O) groups excluding carboxylic acids is 1. The van der Waals surface area contributed by atoms with E-state index in [1.807, 2.05) is 35.7 Å². The van der Waals surface area contributed by atoms with Gasteiger partial charge in [-0.3, -0.25) is 15.6 Å².